The van der Waals surface area contributed by atoms with Crippen LogP contribution in [-0.2, 0) is 6.42 Å². The topological polar surface area (TPSA) is 111 Å². The van der Waals surface area contributed by atoms with E-state index < -0.39 is 25.4 Å². The lowest BCUT2D eigenvalue weighted by Crippen LogP contribution is -2.49. The van der Waals surface area contributed by atoms with Crippen molar-refractivity contribution in [1.82, 2.24) is 9.97 Å². The van der Waals surface area contributed by atoms with E-state index in [1.54, 1.807) is 0 Å². The first-order chi connectivity index (χ1) is 9.16. The molecule has 1 aromatic heterocycles. The third-order valence-electron chi connectivity index (χ3n) is 2.93. The largest absolute Gasteiger partial charge is 0.394 e. The molecule has 0 aliphatic rings. The minimum absolute atomic E-state index is 0.399. The van der Waals surface area contributed by atoms with Gasteiger partial charge in [-0.15, -0.1) is 0 Å². The molecule has 1 rings (SSSR count). The van der Waals surface area contributed by atoms with Crippen molar-refractivity contribution < 1.29 is 15.3 Å². The molecule has 7 heteroatoms. The van der Waals surface area contributed by atoms with Crippen LogP contribution in [0.1, 0.15) is 19.4 Å². The zero-order valence-electron chi connectivity index (χ0n) is 11.3. The summed E-state index contributed by atoms with van der Waals surface area (Å²) in [7, 11) is 0. The first-order valence-corrected chi connectivity index (χ1v) is 6.34. The highest BCUT2D eigenvalue weighted by molar-refractivity contribution is 5.58. The summed E-state index contributed by atoms with van der Waals surface area (Å²) >= 11 is 0. The van der Waals surface area contributed by atoms with Gasteiger partial charge in [-0.05, 0) is 13.3 Å². The van der Waals surface area contributed by atoms with E-state index in [4.69, 9.17) is 0 Å². The lowest BCUT2D eigenvalue weighted by atomic mass is 10.0. The summed E-state index contributed by atoms with van der Waals surface area (Å²) in [6.07, 6.45) is 2.08. The lowest BCUT2D eigenvalue weighted by molar-refractivity contribution is 0.0830. The van der Waals surface area contributed by atoms with E-state index in [-0.39, 0.29) is 0 Å². The van der Waals surface area contributed by atoms with Crippen LogP contribution in [0.3, 0.4) is 0 Å². The molecule has 0 fully saturated rings. The number of hydrogen-bond acceptors (Lipinski definition) is 7. The van der Waals surface area contributed by atoms with E-state index in [0.717, 1.165) is 12.1 Å². The molecule has 0 amide bonds. The van der Waals surface area contributed by atoms with Crippen molar-refractivity contribution in [3.8, 4) is 0 Å². The van der Waals surface area contributed by atoms with Gasteiger partial charge in [0.15, 0.2) is 0 Å². The highest BCUT2D eigenvalue weighted by Gasteiger charge is 2.29. The maximum Gasteiger partial charge on any atom is 0.135 e. The molecule has 7 nitrogen and oxygen atoms in total. The smallest absolute Gasteiger partial charge is 0.135 e. The van der Waals surface area contributed by atoms with E-state index in [1.165, 1.54) is 6.33 Å². The van der Waals surface area contributed by atoms with Gasteiger partial charge in [0, 0.05) is 12.1 Å². The monoisotopic (exact) mass is 270 g/mol. The predicted octanol–water partition coefficient (Wildman–Crippen LogP) is -0.402. The summed E-state index contributed by atoms with van der Waals surface area (Å²) in [6, 6.07) is 0. The van der Waals surface area contributed by atoms with Crippen LogP contribution in [0.2, 0.25) is 0 Å². The van der Waals surface area contributed by atoms with Gasteiger partial charge in [-0.2, -0.15) is 0 Å². The van der Waals surface area contributed by atoms with Gasteiger partial charge >= 0.3 is 0 Å². The van der Waals surface area contributed by atoms with E-state index in [9.17, 15) is 15.3 Å². The molecule has 1 heterocycles. The van der Waals surface area contributed by atoms with Gasteiger partial charge in [-0.1, -0.05) is 6.92 Å². The Morgan fingerprint density at radius 2 is 1.63 bits per heavy atom. The third-order valence-corrected chi connectivity index (χ3v) is 2.93. The number of anilines is 2. The fourth-order valence-electron chi connectivity index (χ4n) is 1.69. The molecular weight excluding hydrogens is 248 g/mol. The van der Waals surface area contributed by atoms with Gasteiger partial charge in [0.2, 0.25) is 0 Å². The molecule has 0 spiro atoms. The second kappa shape index (κ2) is 7.22. The number of nitrogens with zero attached hydrogens (tertiary/aromatic N) is 2. The molecule has 5 N–H and O–H groups in total. The zero-order chi connectivity index (χ0) is 14.3. The minimum Gasteiger partial charge on any atom is -0.394 e. The van der Waals surface area contributed by atoms with E-state index in [2.05, 4.69) is 20.6 Å². The summed E-state index contributed by atoms with van der Waals surface area (Å²) < 4.78 is 0. The fourth-order valence-corrected chi connectivity index (χ4v) is 1.69. The van der Waals surface area contributed by atoms with Crippen molar-refractivity contribution in [2.75, 3.05) is 37.0 Å². The van der Waals surface area contributed by atoms with Crippen molar-refractivity contribution in [2.24, 2.45) is 0 Å². The van der Waals surface area contributed by atoms with Crippen molar-refractivity contribution in [1.29, 1.82) is 0 Å². The molecule has 0 unspecified atom stereocenters. The first kappa shape index (κ1) is 15.6. The normalized spacial score (nSPS) is 11.4. The van der Waals surface area contributed by atoms with Crippen molar-refractivity contribution in [3.05, 3.63) is 11.9 Å². The van der Waals surface area contributed by atoms with Crippen LogP contribution in [0.25, 0.3) is 0 Å². The Hall–Kier alpha value is -1.44. The Kier molecular flexibility index (Phi) is 5.94. The molecule has 0 aliphatic carbocycles. The highest BCUT2D eigenvalue weighted by atomic mass is 16.3. The van der Waals surface area contributed by atoms with Crippen molar-refractivity contribution in [2.45, 2.75) is 25.8 Å². The van der Waals surface area contributed by atoms with Crippen molar-refractivity contribution in [3.63, 3.8) is 0 Å². The van der Waals surface area contributed by atoms with E-state index >= 15 is 0 Å². The number of aliphatic hydroxyl groups excluding tert-OH is 3. The second-order valence-electron chi connectivity index (χ2n) is 4.31. The summed E-state index contributed by atoms with van der Waals surface area (Å²) in [4.78, 5) is 8.28. The van der Waals surface area contributed by atoms with E-state index in [0.29, 0.717) is 18.1 Å². The number of nitrogens with one attached hydrogen (secondary N) is 2. The first-order valence-electron chi connectivity index (χ1n) is 6.34. The predicted molar refractivity (Wildman–Crippen MR) is 73.2 cm³/mol. The lowest BCUT2D eigenvalue weighted by Gasteiger charge is -2.30. The molecule has 0 atom stereocenters. The Bertz CT molecular complexity index is 388. The minimum atomic E-state index is -1.19. The van der Waals surface area contributed by atoms with Crippen LogP contribution in [0.5, 0.6) is 0 Å². The van der Waals surface area contributed by atoms with Crippen molar-refractivity contribution >= 4 is 11.6 Å². The number of hydrogen-bond donors (Lipinski definition) is 5. The number of aliphatic hydroxyl groups is 3. The summed E-state index contributed by atoms with van der Waals surface area (Å²) in [5, 5.41) is 34.0. The van der Waals surface area contributed by atoms with Gasteiger partial charge in [-0.3, -0.25) is 0 Å². The summed E-state index contributed by atoms with van der Waals surface area (Å²) in [6.45, 7) is 3.46. The quantitative estimate of drug-likeness (QED) is 0.437. The van der Waals surface area contributed by atoms with Gasteiger partial charge in [-0.25, -0.2) is 9.97 Å². The SMILES string of the molecule is CCNc1ncnc(NC(CO)(CO)CO)c1CC. The molecule has 19 heavy (non-hydrogen) atoms. The van der Waals surface area contributed by atoms with Crippen LogP contribution in [0, 0.1) is 0 Å². The van der Waals surface area contributed by atoms with Crippen LogP contribution in [0.4, 0.5) is 11.6 Å². The number of aromatic nitrogens is 2. The maximum atomic E-state index is 9.33. The Morgan fingerprint density at radius 1 is 1.05 bits per heavy atom. The average molecular weight is 270 g/mol. The summed E-state index contributed by atoms with van der Waals surface area (Å²) in [5.74, 6) is 1.22. The maximum absolute atomic E-state index is 9.33. The van der Waals surface area contributed by atoms with Gasteiger partial charge in [0.25, 0.3) is 0 Å². The van der Waals surface area contributed by atoms with E-state index in [1.807, 2.05) is 13.8 Å². The Morgan fingerprint density at radius 3 is 2.11 bits per heavy atom. The third kappa shape index (κ3) is 3.52. The number of rotatable bonds is 8. The fraction of sp³-hybridized carbons (Fsp3) is 0.667. The highest BCUT2D eigenvalue weighted by Crippen LogP contribution is 2.23. The Balaban J connectivity index is 3.09. The molecule has 0 aliphatic heterocycles. The molecule has 0 aromatic carbocycles. The molecule has 0 saturated heterocycles. The molecule has 0 saturated carbocycles. The van der Waals surface area contributed by atoms with Crippen LogP contribution >= 0.6 is 0 Å². The average Bonchev–Trinajstić information content (AvgIpc) is 2.45. The molecule has 1 aromatic rings. The molecule has 0 radical (unpaired) electrons. The van der Waals surface area contributed by atoms with Gasteiger partial charge < -0.3 is 26.0 Å². The van der Waals surface area contributed by atoms with Crippen LogP contribution in [0.15, 0.2) is 6.33 Å². The van der Waals surface area contributed by atoms with Crippen LogP contribution in [-0.4, -0.2) is 57.2 Å². The standard InChI is InChI=1S/C12H22N4O3/c1-3-9-10(13-4-2)14-8-15-11(9)16-12(5-17,6-18)7-19/h8,17-19H,3-7H2,1-2H3,(H2,13,14,15,16). The van der Waals surface area contributed by atoms with Gasteiger partial charge in [0.05, 0.1) is 19.8 Å². The Labute approximate surface area is 112 Å². The molecule has 0 bridgehead atoms. The molecule has 108 valence electrons. The molecular formula is C12H22N4O3. The zero-order valence-corrected chi connectivity index (χ0v) is 11.3. The second-order valence-corrected chi connectivity index (χ2v) is 4.31. The van der Waals surface area contributed by atoms with Crippen LogP contribution < -0.4 is 10.6 Å². The van der Waals surface area contributed by atoms with Gasteiger partial charge in [0.1, 0.15) is 23.5 Å². The summed E-state index contributed by atoms with van der Waals surface area (Å²) in [5.41, 5.74) is -0.342.